The fourth-order valence-electron chi connectivity index (χ4n) is 3.52. The van der Waals surface area contributed by atoms with Gasteiger partial charge >= 0.3 is 0 Å². The first-order chi connectivity index (χ1) is 10.9. The summed E-state index contributed by atoms with van der Waals surface area (Å²) < 4.78 is 0. The van der Waals surface area contributed by atoms with E-state index in [1.54, 1.807) is 0 Å². The summed E-state index contributed by atoms with van der Waals surface area (Å²) in [6, 6.07) is 15.1. The van der Waals surface area contributed by atoms with Gasteiger partial charge < -0.3 is 4.90 Å². The average Bonchev–Trinajstić information content (AvgIpc) is 2.51. The molecule has 2 aromatic rings. The van der Waals surface area contributed by atoms with Crippen molar-refractivity contribution < 1.29 is 0 Å². The van der Waals surface area contributed by atoms with Crippen LogP contribution in [0.25, 0.3) is 0 Å². The summed E-state index contributed by atoms with van der Waals surface area (Å²) in [5.41, 5.74) is 6.09. The van der Waals surface area contributed by atoms with Gasteiger partial charge in [0.2, 0.25) is 0 Å². The van der Waals surface area contributed by atoms with E-state index < -0.39 is 0 Å². The van der Waals surface area contributed by atoms with Crippen LogP contribution in [0.1, 0.15) is 37.5 Å². The molecule has 23 heavy (non-hydrogen) atoms. The normalized spacial score (nSPS) is 20.0. The summed E-state index contributed by atoms with van der Waals surface area (Å²) in [6.45, 7) is 8.93. The lowest BCUT2D eigenvalue weighted by Crippen LogP contribution is -2.45. The molecule has 1 atom stereocenters. The van der Waals surface area contributed by atoms with Crippen molar-refractivity contribution in [2.45, 2.75) is 39.7 Å². The van der Waals surface area contributed by atoms with E-state index in [0.29, 0.717) is 5.92 Å². The zero-order valence-electron chi connectivity index (χ0n) is 14.8. The van der Waals surface area contributed by atoms with Gasteiger partial charge in [0.1, 0.15) is 0 Å². The second-order valence-electron chi connectivity index (χ2n) is 7.16. The van der Waals surface area contributed by atoms with Gasteiger partial charge in [-0.2, -0.15) is 0 Å². The van der Waals surface area contributed by atoms with Crippen LogP contribution < -0.4 is 4.90 Å². The highest BCUT2D eigenvalue weighted by atomic mass is 15.2. The maximum atomic E-state index is 4.90. The third kappa shape index (κ3) is 2.67. The number of nitrogens with zero attached hydrogens (tertiary/aromatic N) is 2. The Kier molecular flexibility index (Phi) is 4.01. The molecule has 0 aromatic heterocycles. The smallest absolute Gasteiger partial charge is 0.0979 e. The molecule has 120 valence electrons. The molecular formula is C21H26N2. The SMILES string of the molecule is Cc1ccccc1C1(C)C=Nc2c(CC(C)C)cccc2N1C. The first kappa shape index (κ1) is 15.8. The third-order valence-electron chi connectivity index (χ3n) is 4.92. The van der Waals surface area contributed by atoms with Gasteiger partial charge in [-0.3, -0.25) is 4.99 Å². The predicted molar refractivity (Wildman–Crippen MR) is 100 cm³/mol. The van der Waals surface area contributed by atoms with Gasteiger partial charge in [0.15, 0.2) is 0 Å². The van der Waals surface area contributed by atoms with Gasteiger partial charge in [-0.1, -0.05) is 50.2 Å². The van der Waals surface area contributed by atoms with Gasteiger partial charge in [-0.05, 0) is 48.9 Å². The van der Waals surface area contributed by atoms with Crippen molar-refractivity contribution in [3.05, 3.63) is 59.2 Å². The topological polar surface area (TPSA) is 15.6 Å². The van der Waals surface area contributed by atoms with Crippen molar-refractivity contribution in [2.75, 3.05) is 11.9 Å². The van der Waals surface area contributed by atoms with Gasteiger partial charge in [0.25, 0.3) is 0 Å². The molecule has 0 fully saturated rings. The maximum absolute atomic E-state index is 4.90. The molecule has 2 heteroatoms. The van der Waals surface area contributed by atoms with Crippen LogP contribution in [0, 0.1) is 12.8 Å². The Hall–Kier alpha value is -2.09. The summed E-state index contributed by atoms with van der Waals surface area (Å²) in [6.07, 6.45) is 3.18. The van der Waals surface area contributed by atoms with Crippen LogP contribution in [0.15, 0.2) is 47.5 Å². The molecule has 0 N–H and O–H groups in total. The molecule has 0 spiro atoms. The number of aryl methyl sites for hydroxylation is 1. The maximum Gasteiger partial charge on any atom is 0.0979 e. The highest BCUT2D eigenvalue weighted by Gasteiger charge is 2.35. The zero-order chi connectivity index (χ0) is 16.6. The Morgan fingerprint density at radius 3 is 2.52 bits per heavy atom. The molecule has 0 saturated carbocycles. The van der Waals surface area contributed by atoms with Crippen LogP contribution in [-0.4, -0.2) is 13.3 Å². The van der Waals surface area contributed by atoms with E-state index in [4.69, 9.17) is 4.99 Å². The van der Waals surface area contributed by atoms with Crippen LogP contribution in [-0.2, 0) is 12.0 Å². The van der Waals surface area contributed by atoms with E-state index >= 15 is 0 Å². The molecule has 2 nitrogen and oxygen atoms in total. The molecule has 0 saturated heterocycles. The van der Waals surface area contributed by atoms with Gasteiger partial charge in [0.05, 0.1) is 16.9 Å². The molecule has 1 aliphatic rings. The first-order valence-electron chi connectivity index (χ1n) is 8.40. The Bertz CT molecular complexity index is 745. The molecule has 1 unspecified atom stereocenters. The molecular weight excluding hydrogens is 280 g/mol. The number of benzene rings is 2. The summed E-state index contributed by atoms with van der Waals surface area (Å²) in [5.74, 6) is 0.631. The molecule has 0 bridgehead atoms. The van der Waals surface area contributed by atoms with E-state index in [1.165, 1.54) is 22.4 Å². The number of rotatable bonds is 3. The molecule has 2 aromatic carbocycles. The monoisotopic (exact) mass is 306 g/mol. The van der Waals surface area contributed by atoms with Crippen molar-refractivity contribution in [3.63, 3.8) is 0 Å². The Morgan fingerprint density at radius 1 is 1.09 bits per heavy atom. The van der Waals surface area contributed by atoms with Gasteiger partial charge in [-0.25, -0.2) is 0 Å². The lowest BCUT2D eigenvalue weighted by Gasteiger charge is -2.42. The molecule has 0 radical (unpaired) electrons. The molecule has 1 heterocycles. The fourth-order valence-corrected chi connectivity index (χ4v) is 3.52. The molecule has 0 aliphatic carbocycles. The highest BCUT2D eigenvalue weighted by molar-refractivity contribution is 5.90. The average molecular weight is 306 g/mol. The van der Waals surface area contributed by atoms with Crippen molar-refractivity contribution in [3.8, 4) is 0 Å². The van der Waals surface area contributed by atoms with Crippen molar-refractivity contribution in [1.82, 2.24) is 0 Å². The minimum atomic E-state index is -0.213. The van der Waals surface area contributed by atoms with E-state index in [1.807, 2.05) is 0 Å². The van der Waals surface area contributed by atoms with Crippen molar-refractivity contribution in [1.29, 1.82) is 0 Å². The van der Waals surface area contributed by atoms with Crippen molar-refractivity contribution >= 4 is 17.6 Å². The number of fused-ring (bicyclic) bond motifs is 1. The minimum absolute atomic E-state index is 0.213. The third-order valence-corrected chi connectivity index (χ3v) is 4.92. The number of hydrogen-bond donors (Lipinski definition) is 0. The van der Waals surface area contributed by atoms with Crippen LogP contribution in [0.5, 0.6) is 0 Å². The summed E-state index contributed by atoms with van der Waals surface area (Å²) in [5, 5.41) is 0. The number of hydrogen-bond acceptors (Lipinski definition) is 2. The molecule has 1 aliphatic heterocycles. The number of aliphatic imine (C=N–C) groups is 1. The lowest BCUT2D eigenvalue weighted by molar-refractivity contribution is 0.618. The standard InChI is InChI=1S/C21H26N2/c1-15(2)13-17-10-8-12-19-20(17)22-14-21(4,23(19)5)18-11-7-6-9-16(18)3/h6-12,14-15H,13H2,1-5H3. The van der Waals surface area contributed by atoms with E-state index in [0.717, 1.165) is 12.1 Å². The second kappa shape index (κ2) is 5.84. The Balaban J connectivity index is 2.10. The second-order valence-corrected chi connectivity index (χ2v) is 7.16. The quantitative estimate of drug-likeness (QED) is 0.755. The largest absolute Gasteiger partial charge is 0.358 e. The van der Waals surface area contributed by atoms with Crippen molar-refractivity contribution in [2.24, 2.45) is 10.9 Å². The minimum Gasteiger partial charge on any atom is -0.358 e. The summed E-state index contributed by atoms with van der Waals surface area (Å²) in [4.78, 5) is 7.26. The van der Waals surface area contributed by atoms with Crippen LogP contribution in [0.4, 0.5) is 11.4 Å². The first-order valence-corrected chi connectivity index (χ1v) is 8.40. The number of para-hydroxylation sites is 1. The molecule has 0 amide bonds. The Morgan fingerprint density at radius 2 is 1.83 bits per heavy atom. The van der Waals surface area contributed by atoms with Crippen LogP contribution in [0.3, 0.4) is 0 Å². The highest BCUT2D eigenvalue weighted by Crippen LogP contribution is 2.43. The zero-order valence-corrected chi connectivity index (χ0v) is 14.8. The van der Waals surface area contributed by atoms with Crippen LogP contribution in [0.2, 0.25) is 0 Å². The van der Waals surface area contributed by atoms with E-state index in [-0.39, 0.29) is 5.54 Å². The Labute approximate surface area is 139 Å². The number of anilines is 1. The molecule has 3 rings (SSSR count). The van der Waals surface area contributed by atoms with E-state index in [9.17, 15) is 0 Å². The summed E-state index contributed by atoms with van der Waals surface area (Å²) >= 11 is 0. The predicted octanol–water partition coefficient (Wildman–Crippen LogP) is 5.26. The van der Waals surface area contributed by atoms with Gasteiger partial charge in [0, 0.05) is 13.3 Å². The van der Waals surface area contributed by atoms with Gasteiger partial charge in [-0.15, -0.1) is 0 Å². The fraction of sp³-hybridized carbons (Fsp3) is 0.381. The van der Waals surface area contributed by atoms with Crippen LogP contribution >= 0.6 is 0 Å². The summed E-state index contributed by atoms with van der Waals surface area (Å²) in [7, 11) is 2.18. The van der Waals surface area contributed by atoms with E-state index in [2.05, 4.69) is 88.3 Å². The lowest BCUT2D eigenvalue weighted by atomic mass is 9.86.